The molecule has 1 aromatic carbocycles. The number of amides is 1. The van der Waals surface area contributed by atoms with Gasteiger partial charge in [0, 0.05) is 31.4 Å². The Bertz CT molecular complexity index is 752. The number of benzene rings is 1. The highest BCUT2D eigenvalue weighted by Gasteiger charge is 2.27. The number of carbonyl (C=O) groups is 1. The van der Waals surface area contributed by atoms with Crippen LogP contribution in [0.4, 0.5) is 5.82 Å². The summed E-state index contributed by atoms with van der Waals surface area (Å²) in [6.07, 6.45) is 7.17. The monoisotopic (exact) mass is 295 g/mol. The number of nitrogen functional groups attached to an aromatic ring is 1. The molecule has 1 aliphatic rings. The molecule has 6 heteroatoms. The lowest BCUT2D eigenvalue weighted by atomic mass is 10.1. The predicted octanol–water partition coefficient (Wildman–Crippen LogP) is 0.536. The second kappa shape index (κ2) is 6.00. The Morgan fingerprint density at radius 1 is 1.45 bits per heavy atom. The lowest BCUT2D eigenvalue weighted by Crippen LogP contribution is -2.54. The van der Waals surface area contributed by atoms with Crippen LogP contribution in [-0.2, 0) is 11.3 Å². The lowest BCUT2D eigenvalue weighted by molar-refractivity contribution is -0.136. The van der Waals surface area contributed by atoms with E-state index in [1.165, 1.54) is 6.33 Å². The zero-order valence-corrected chi connectivity index (χ0v) is 12.1. The molecule has 1 atom stereocenters. The SMILES string of the molecule is C#CCC1NCCN(Cc2ccc3c(N)ncnc3c2)C1=O. The minimum Gasteiger partial charge on any atom is -0.383 e. The highest BCUT2D eigenvalue weighted by atomic mass is 16.2. The fourth-order valence-corrected chi connectivity index (χ4v) is 2.67. The molecule has 3 N–H and O–H groups in total. The largest absolute Gasteiger partial charge is 0.383 e. The van der Waals surface area contributed by atoms with E-state index < -0.39 is 0 Å². The van der Waals surface area contributed by atoms with Crippen LogP contribution >= 0.6 is 0 Å². The van der Waals surface area contributed by atoms with E-state index in [4.69, 9.17) is 12.2 Å². The Morgan fingerprint density at radius 2 is 2.32 bits per heavy atom. The molecule has 1 unspecified atom stereocenters. The number of nitrogens with two attached hydrogens (primary N) is 1. The number of piperazine rings is 1. The summed E-state index contributed by atoms with van der Waals surface area (Å²) >= 11 is 0. The maximum absolute atomic E-state index is 12.4. The van der Waals surface area contributed by atoms with Gasteiger partial charge in [-0.1, -0.05) is 6.07 Å². The van der Waals surface area contributed by atoms with E-state index in [0.29, 0.717) is 25.3 Å². The molecule has 1 aromatic heterocycles. The summed E-state index contributed by atoms with van der Waals surface area (Å²) in [5.41, 5.74) is 7.62. The van der Waals surface area contributed by atoms with Crippen LogP contribution < -0.4 is 11.1 Å². The second-order valence-electron chi connectivity index (χ2n) is 5.29. The summed E-state index contributed by atoms with van der Waals surface area (Å²) in [4.78, 5) is 22.4. The van der Waals surface area contributed by atoms with E-state index in [0.717, 1.165) is 23.0 Å². The maximum Gasteiger partial charge on any atom is 0.241 e. The number of nitrogens with zero attached hydrogens (tertiary/aromatic N) is 3. The molecule has 0 spiro atoms. The number of carbonyl (C=O) groups excluding carboxylic acids is 1. The van der Waals surface area contributed by atoms with Crippen molar-refractivity contribution in [1.29, 1.82) is 0 Å². The quantitative estimate of drug-likeness (QED) is 0.807. The summed E-state index contributed by atoms with van der Waals surface area (Å²) in [7, 11) is 0. The Hall–Kier alpha value is -2.65. The third-order valence-electron chi connectivity index (χ3n) is 3.81. The van der Waals surface area contributed by atoms with Crippen molar-refractivity contribution in [2.45, 2.75) is 19.0 Å². The molecule has 6 nitrogen and oxygen atoms in total. The average Bonchev–Trinajstić information content (AvgIpc) is 2.52. The van der Waals surface area contributed by atoms with Gasteiger partial charge in [-0.15, -0.1) is 12.3 Å². The van der Waals surface area contributed by atoms with Gasteiger partial charge in [-0.2, -0.15) is 0 Å². The van der Waals surface area contributed by atoms with Gasteiger partial charge in [0.05, 0.1) is 11.6 Å². The van der Waals surface area contributed by atoms with Crippen molar-refractivity contribution in [1.82, 2.24) is 20.2 Å². The summed E-state index contributed by atoms with van der Waals surface area (Å²) in [6, 6.07) is 5.51. The molecule has 22 heavy (non-hydrogen) atoms. The molecule has 0 bridgehead atoms. The zero-order chi connectivity index (χ0) is 15.5. The van der Waals surface area contributed by atoms with Crippen LogP contribution in [0.5, 0.6) is 0 Å². The first-order valence-electron chi connectivity index (χ1n) is 7.14. The number of aromatic nitrogens is 2. The molecular weight excluding hydrogens is 278 g/mol. The van der Waals surface area contributed by atoms with Gasteiger partial charge in [0.2, 0.25) is 5.91 Å². The van der Waals surface area contributed by atoms with E-state index in [1.807, 2.05) is 23.1 Å². The van der Waals surface area contributed by atoms with Gasteiger partial charge >= 0.3 is 0 Å². The lowest BCUT2D eigenvalue weighted by Gasteiger charge is -2.32. The van der Waals surface area contributed by atoms with Crippen molar-refractivity contribution in [3.8, 4) is 12.3 Å². The number of fused-ring (bicyclic) bond motifs is 1. The number of hydrogen-bond donors (Lipinski definition) is 2. The number of anilines is 1. The molecule has 0 aliphatic carbocycles. The third kappa shape index (κ3) is 2.71. The molecule has 1 saturated heterocycles. The molecule has 2 aromatic rings. The molecule has 0 saturated carbocycles. The van der Waals surface area contributed by atoms with E-state index >= 15 is 0 Å². The Kier molecular flexibility index (Phi) is 3.90. The molecule has 0 radical (unpaired) electrons. The van der Waals surface area contributed by atoms with E-state index in [1.54, 1.807) is 0 Å². The fourth-order valence-electron chi connectivity index (χ4n) is 2.67. The van der Waals surface area contributed by atoms with Gasteiger partial charge in [-0.3, -0.25) is 4.79 Å². The van der Waals surface area contributed by atoms with Crippen LogP contribution in [0, 0.1) is 12.3 Å². The van der Waals surface area contributed by atoms with Crippen LogP contribution in [0.3, 0.4) is 0 Å². The van der Waals surface area contributed by atoms with E-state index in [-0.39, 0.29) is 11.9 Å². The predicted molar refractivity (Wildman–Crippen MR) is 84.6 cm³/mol. The van der Waals surface area contributed by atoms with Crippen molar-refractivity contribution in [3.05, 3.63) is 30.1 Å². The fraction of sp³-hybridized carbons (Fsp3) is 0.312. The first-order chi connectivity index (χ1) is 10.7. The topological polar surface area (TPSA) is 84.1 Å². The average molecular weight is 295 g/mol. The first kappa shape index (κ1) is 14.3. The minimum atomic E-state index is -0.280. The minimum absolute atomic E-state index is 0.0477. The van der Waals surface area contributed by atoms with Gasteiger partial charge in [-0.25, -0.2) is 9.97 Å². The van der Waals surface area contributed by atoms with Gasteiger partial charge in [-0.05, 0) is 17.7 Å². The highest BCUT2D eigenvalue weighted by Crippen LogP contribution is 2.19. The number of nitrogens with one attached hydrogen (secondary N) is 1. The summed E-state index contributed by atoms with van der Waals surface area (Å²) in [6.45, 7) is 1.96. The Labute approximate surface area is 128 Å². The Morgan fingerprint density at radius 3 is 3.14 bits per heavy atom. The number of rotatable bonds is 3. The van der Waals surface area contributed by atoms with Crippen LogP contribution in [0.2, 0.25) is 0 Å². The van der Waals surface area contributed by atoms with Gasteiger partial charge in [0.25, 0.3) is 0 Å². The summed E-state index contributed by atoms with van der Waals surface area (Å²) < 4.78 is 0. The van der Waals surface area contributed by atoms with Crippen LogP contribution in [0.15, 0.2) is 24.5 Å². The van der Waals surface area contributed by atoms with Crippen molar-refractivity contribution >= 4 is 22.6 Å². The summed E-state index contributed by atoms with van der Waals surface area (Å²) in [5.74, 6) is 3.05. The van der Waals surface area contributed by atoms with Gasteiger partial charge in [0.15, 0.2) is 0 Å². The number of hydrogen-bond acceptors (Lipinski definition) is 5. The third-order valence-corrected chi connectivity index (χ3v) is 3.81. The smallest absolute Gasteiger partial charge is 0.241 e. The molecule has 1 fully saturated rings. The molecule has 1 amide bonds. The highest BCUT2D eigenvalue weighted by molar-refractivity contribution is 5.88. The molecule has 1 aliphatic heterocycles. The van der Waals surface area contributed by atoms with Crippen LogP contribution in [0.25, 0.3) is 10.9 Å². The molecular formula is C16H17N5O. The van der Waals surface area contributed by atoms with Crippen molar-refractivity contribution in [2.75, 3.05) is 18.8 Å². The van der Waals surface area contributed by atoms with Gasteiger partial charge in [0.1, 0.15) is 12.1 Å². The Balaban J connectivity index is 1.81. The molecule has 112 valence electrons. The van der Waals surface area contributed by atoms with Crippen LogP contribution in [0.1, 0.15) is 12.0 Å². The van der Waals surface area contributed by atoms with Crippen molar-refractivity contribution in [3.63, 3.8) is 0 Å². The van der Waals surface area contributed by atoms with E-state index in [2.05, 4.69) is 21.2 Å². The maximum atomic E-state index is 12.4. The van der Waals surface area contributed by atoms with Crippen molar-refractivity contribution in [2.24, 2.45) is 0 Å². The summed E-state index contributed by atoms with van der Waals surface area (Å²) in [5, 5.41) is 3.97. The molecule has 3 rings (SSSR count). The molecule has 2 heterocycles. The second-order valence-corrected chi connectivity index (χ2v) is 5.29. The zero-order valence-electron chi connectivity index (χ0n) is 12.1. The van der Waals surface area contributed by atoms with E-state index in [9.17, 15) is 4.79 Å². The van der Waals surface area contributed by atoms with Crippen LogP contribution in [-0.4, -0.2) is 39.9 Å². The first-order valence-corrected chi connectivity index (χ1v) is 7.14. The van der Waals surface area contributed by atoms with Gasteiger partial charge < -0.3 is 16.0 Å². The number of terminal acetylenes is 1. The normalized spacial score (nSPS) is 18.4. The van der Waals surface area contributed by atoms with Crippen molar-refractivity contribution < 1.29 is 4.79 Å². The standard InChI is InChI=1S/C16H17N5O/c1-2-3-13-16(22)21(7-6-18-13)9-11-4-5-12-14(8-11)19-10-20-15(12)17/h1,4-5,8,10,13,18H,3,6-7,9H2,(H2,17,19,20).